The van der Waals surface area contributed by atoms with Crippen LogP contribution in [-0.4, -0.2) is 22.9 Å². The van der Waals surface area contributed by atoms with Crippen molar-refractivity contribution in [3.63, 3.8) is 0 Å². The van der Waals surface area contributed by atoms with Crippen LogP contribution in [-0.2, 0) is 13.2 Å². The molecule has 31 heavy (non-hydrogen) atoms. The maximum atomic E-state index is 6.07. The van der Waals surface area contributed by atoms with Gasteiger partial charge in [-0.05, 0) is 86.4 Å². The Morgan fingerprint density at radius 1 is 1.06 bits per heavy atom. The summed E-state index contributed by atoms with van der Waals surface area (Å²) in [4.78, 5) is 3.43. The van der Waals surface area contributed by atoms with Crippen molar-refractivity contribution in [3.8, 4) is 28.0 Å². The highest BCUT2D eigenvalue weighted by molar-refractivity contribution is 7.09. The molecular weight excluding hydrogens is 400 g/mol. The fourth-order valence-electron chi connectivity index (χ4n) is 3.01. The zero-order chi connectivity index (χ0) is 22.1. The number of benzene rings is 2. The number of likely N-dealkylation sites (N-methyl/N-ethyl adjacent to an activating group) is 1. The molecule has 0 aliphatic heterocycles. The van der Waals surface area contributed by atoms with Crippen LogP contribution in [0.2, 0.25) is 0 Å². The van der Waals surface area contributed by atoms with E-state index >= 15 is 0 Å². The Bertz CT molecular complexity index is 1050. The molecular formula is C27H30N2OS. The summed E-state index contributed by atoms with van der Waals surface area (Å²) in [5, 5.41) is 0. The smallest absolute Gasteiger partial charge is 0.120 e. The maximum Gasteiger partial charge on any atom is 0.120 e. The summed E-state index contributed by atoms with van der Waals surface area (Å²) in [5.74, 6) is 7.23. The molecule has 3 rings (SSSR count). The molecule has 0 bridgehead atoms. The third kappa shape index (κ3) is 8.05. The maximum absolute atomic E-state index is 6.07. The molecule has 3 nitrogen and oxygen atoms in total. The van der Waals surface area contributed by atoms with E-state index < -0.39 is 0 Å². The van der Waals surface area contributed by atoms with Gasteiger partial charge in [0, 0.05) is 24.7 Å². The number of nitrogens with zero attached hydrogens (tertiary/aromatic N) is 2. The van der Waals surface area contributed by atoms with Crippen LogP contribution in [0.3, 0.4) is 0 Å². The molecule has 0 amide bonds. The lowest BCUT2D eigenvalue weighted by molar-refractivity contribution is 0.304. The average molecular weight is 431 g/mol. The van der Waals surface area contributed by atoms with Crippen molar-refractivity contribution in [3.05, 3.63) is 84.1 Å². The summed E-state index contributed by atoms with van der Waals surface area (Å²) in [5.41, 5.74) is 3.60. The first kappa shape index (κ1) is 22.8. The predicted molar refractivity (Wildman–Crippen MR) is 131 cm³/mol. The molecule has 0 radical (unpaired) electrons. The third-order valence-electron chi connectivity index (χ3n) is 4.47. The molecule has 0 N–H and O–H groups in total. The van der Waals surface area contributed by atoms with Gasteiger partial charge >= 0.3 is 0 Å². The molecule has 0 unspecified atom stereocenters. The van der Waals surface area contributed by atoms with Gasteiger partial charge in [0.25, 0.3) is 0 Å². The molecule has 0 atom stereocenters. The molecule has 0 fully saturated rings. The van der Waals surface area contributed by atoms with Crippen LogP contribution in [0.4, 0.5) is 0 Å². The fraction of sp³-hybridized carbons (Fsp3) is 0.296. The molecule has 1 aromatic heterocycles. The number of hydrogen-bond acceptors (Lipinski definition) is 4. The predicted octanol–water partition coefficient (Wildman–Crippen LogP) is 6.43. The summed E-state index contributed by atoms with van der Waals surface area (Å²) >= 11 is 1.51. The minimum absolute atomic E-state index is 0.0408. The number of aromatic nitrogens is 1. The van der Waals surface area contributed by atoms with Gasteiger partial charge in [-0.15, -0.1) is 0 Å². The molecule has 0 saturated heterocycles. The van der Waals surface area contributed by atoms with Crippen LogP contribution in [0.1, 0.15) is 31.9 Å². The van der Waals surface area contributed by atoms with Crippen LogP contribution in [0.15, 0.2) is 72.9 Å². The van der Waals surface area contributed by atoms with Crippen molar-refractivity contribution in [2.75, 3.05) is 13.6 Å². The highest BCUT2D eigenvalue weighted by Crippen LogP contribution is 2.24. The van der Waals surface area contributed by atoms with E-state index in [0.717, 1.165) is 24.4 Å². The Labute approximate surface area is 190 Å². The van der Waals surface area contributed by atoms with E-state index in [1.54, 1.807) is 0 Å². The normalized spacial score (nSPS) is 11.5. The lowest BCUT2D eigenvalue weighted by Crippen LogP contribution is -2.17. The Morgan fingerprint density at radius 2 is 1.87 bits per heavy atom. The molecule has 0 saturated carbocycles. The number of ether oxygens (including phenoxy) is 1. The lowest BCUT2D eigenvalue weighted by Gasteiger charge is -2.15. The molecule has 0 aliphatic rings. The van der Waals surface area contributed by atoms with E-state index in [9.17, 15) is 0 Å². The van der Waals surface area contributed by atoms with E-state index in [2.05, 4.69) is 97.5 Å². The Morgan fingerprint density at radius 3 is 2.65 bits per heavy atom. The van der Waals surface area contributed by atoms with Crippen molar-refractivity contribution >= 4 is 11.5 Å². The van der Waals surface area contributed by atoms with Crippen molar-refractivity contribution in [1.29, 1.82) is 0 Å². The van der Waals surface area contributed by atoms with Crippen LogP contribution in [0.5, 0.6) is 5.75 Å². The van der Waals surface area contributed by atoms with Crippen LogP contribution in [0, 0.1) is 17.3 Å². The van der Waals surface area contributed by atoms with E-state index in [1.165, 1.54) is 27.5 Å². The van der Waals surface area contributed by atoms with E-state index in [4.69, 9.17) is 4.74 Å². The highest BCUT2D eigenvalue weighted by atomic mass is 32.1. The second-order valence-corrected chi connectivity index (χ2v) is 9.46. The number of hydrogen-bond donors (Lipinski definition) is 0. The van der Waals surface area contributed by atoms with Gasteiger partial charge in [-0.25, -0.2) is 4.37 Å². The molecule has 0 aliphatic carbocycles. The van der Waals surface area contributed by atoms with Gasteiger partial charge in [0.05, 0.1) is 4.88 Å². The summed E-state index contributed by atoms with van der Waals surface area (Å²) < 4.78 is 10.3. The third-order valence-corrected chi connectivity index (χ3v) is 5.27. The first-order valence-corrected chi connectivity index (χ1v) is 11.2. The molecule has 4 heteroatoms. The quantitative estimate of drug-likeness (QED) is 0.385. The first-order chi connectivity index (χ1) is 14.9. The van der Waals surface area contributed by atoms with Gasteiger partial charge in [0.1, 0.15) is 12.4 Å². The Kier molecular flexibility index (Phi) is 8.06. The minimum atomic E-state index is 0.0408. The SMILES string of the molecule is CN(C/C=C/C#CC(C)(C)C)Cc1cccc(OCc2cccc(-c3ccns3)c2)c1. The van der Waals surface area contributed by atoms with Gasteiger partial charge in [-0.1, -0.05) is 48.2 Å². The van der Waals surface area contributed by atoms with Gasteiger partial charge in [0.15, 0.2) is 0 Å². The minimum Gasteiger partial charge on any atom is -0.489 e. The van der Waals surface area contributed by atoms with Crippen molar-refractivity contribution in [2.45, 2.75) is 33.9 Å². The second-order valence-electron chi connectivity index (χ2n) is 8.63. The topological polar surface area (TPSA) is 25.4 Å². The summed E-state index contributed by atoms with van der Waals surface area (Å²) in [6.45, 7) is 8.61. The number of allylic oxidation sites excluding steroid dienone is 1. The van der Waals surface area contributed by atoms with Gasteiger partial charge in [-0.3, -0.25) is 4.90 Å². The molecule has 3 aromatic rings. The Balaban J connectivity index is 1.53. The molecule has 160 valence electrons. The second kappa shape index (κ2) is 10.9. The van der Waals surface area contributed by atoms with Crippen LogP contribution >= 0.6 is 11.5 Å². The standard InChI is InChI=1S/C27H30N2OS/c1-27(2,3)15-6-5-7-17-29(4)20-22-10-9-13-25(19-22)30-21-23-11-8-12-24(18-23)26-14-16-28-31-26/h5,7-14,16,18-19H,17,20-21H2,1-4H3/b7-5+. The molecule has 1 heterocycles. The summed E-state index contributed by atoms with van der Waals surface area (Å²) in [6, 6.07) is 18.8. The monoisotopic (exact) mass is 430 g/mol. The lowest BCUT2D eigenvalue weighted by atomic mass is 9.98. The van der Waals surface area contributed by atoms with Gasteiger partial charge < -0.3 is 4.74 Å². The van der Waals surface area contributed by atoms with Crippen LogP contribution in [0.25, 0.3) is 10.4 Å². The van der Waals surface area contributed by atoms with Gasteiger partial charge in [0.2, 0.25) is 0 Å². The van der Waals surface area contributed by atoms with Gasteiger partial charge in [-0.2, -0.15) is 0 Å². The largest absolute Gasteiger partial charge is 0.489 e. The fourth-order valence-corrected chi connectivity index (χ4v) is 3.59. The zero-order valence-electron chi connectivity index (χ0n) is 18.8. The van der Waals surface area contributed by atoms with Crippen LogP contribution < -0.4 is 4.74 Å². The molecule has 0 spiro atoms. The number of rotatable bonds is 8. The van der Waals surface area contributed by atoms with E-state index in [-0.39, 0.29) is 5.41 Å². The average Bonchev–Trinajstić information content (AvgIpc) is 3.27. The Hall–Kier alpha value is -2.87. The van der Waals surface area contributed by atoms with Crippen molar-refractivity contribution in [2.24, 2.45) is 5.41 Å². The van der Waals surface area contributed by atoms with Crippen molar-refractivity contribution < 1.29 is 4.74 Å². The molecule has 2 aromatic carbocycles. The zero-order valence-corrected chi connectivity index (χ0v) is 19.6. The van der Waals surface area contributed by atoms with Crippen molar-refractivity contribution in [1.82, 2.24) is 9.27 Å². The van der Waals surface area contributed by atoms with E-state index in [1.807, 2.05) is 24.4 Å². The highest BCUT2D eigenvalue weighted by Gasteiger charge is 2.04. The summed E-state index contributed by atoms with van der Waals surface area (Å²) in [7, 11) is 2.11. The summed E-state index contributed by atoms with van der Waals surface area (Å²) in [6.07, 6.45) is 5.89. The first-order valence-electron chi connectivity index (χ1n) is 10.5. The van der Waals surface area contributed by atoms with E-state index in [0.29, 0.717) is 6.61 Å².